The first-order chi connectivity index (χ1) is 11.9. The minimum atomic E-state index is 0.158. The second kappa shape index (κ2) is 6.03. The fraction of sp³-hybridized carbons (Fsp3) is 0.400. The van der Waals surface area contributed by atoms with E-state index in [2.05, 4.69) is 6.08 Å². The van der Waals surface area contributed by atoms with Gasteiger partial charge in [0.15, 0.2) is 0 Å². The van der Waals surface area contributed by atoms with Gasteiger partial charge < -0.3 is 10.6 Å². The number of carbonyl (C=O) groups excluding carboxylic acids is 1. The highest BCUT2D eigenvalue weighted by Crippen LogP contribution is 2.47. The molecule has 1 heterocycles. The maximum absolute atomic E-state index is 12.1. The number of halogens is 1. The van der Waals surface area contributed by atoms with Crippen LogP contribution in [0.4, 0.5) is 5.69 Å². The average Bonchev–Trinajstić information content (AvgIpc) is 2.53. The van der Waals surface area contributed by atoms with Gasteiger partial charge in [-0.1, -0.05) is 23.3 Å². The number of hydrogen-bond donors (Lipinski definition) is 1. The van der Waals surface area contributed by atoms with Crippen LogP contribution < -0.4 is 5.73 Å². The molecular weight excluding hydrogens is 334 g/mol. The number of nitrogen functional groups attached to an aromatic ring is 1. The van der Waals surface area contributed by atoms with E-state index in [1.807, 2.05) is 18.2 Å². The van der Waals surface area contributed by atoms with Crippen LogP contribution in [0.5, 0.6) is 0 Å². The normalized spacial score (nSPS) is 21.6. The molecule has 2 bridgehead atoms. The third kappa shape index (κ3) is 2.89. The van der Waals surface area contributed by atoms with Crippen LogP contribution in [-0.4, -0.2) is 29.9 Å². The summed E-state index contributed by atoms with van der Waals surface area (Å²) in [5.41, 5.74) is 11.8. The SMILES string of the molecule is CN(C)C(=O)CC1=CC2Cc3nc4cc(Cl)ccc4c(N)c3C(C1)C2. The summed E-state index contributed by atoms with van der Waals surface area (Å²) in [7, 11) is 3.61. The van der Waals surface area contributed by atoms with Crippen molar-refractivity contribution in [2.24, 2.45) is 5.92 Å². The van der Waals surface area contributed by atoms with Crippen LogP contribution in [0.2, 0.25) is 5.02 Å². The molecule has 0 spiro atoms. The molecule has 2 unspecified atom stereocenters. The maximum atomic E-state index is 12.1. The fourth-order valence-electron chi connectivity index (χ4n) is 4.27. The summed E-state index contributed by atoms with van der Waals surface area (Å²) in [6, 6.07) is 5.71. The van der Waals surface area contributed by atoms with Gasteiger partial charge in [-0.2, -0.15) is 0 Å². The quantitative estimate of drug-likeness (QED) is 0.830. The van der Waals surface area contributed by atoms with Crippen LogP contribution in [0.1, 0.15) is 36.4 Å². The first-order valence-corrected chi connectivity index (χ1v) is 9.07. The van der Waals surface area contributed by atoms with E-state index < -0.39 is 0 Å². The first-order valence-electron chi connectivity index (χ1n) is 8.69. The van der Waals surface area contributed by atoms with E-state index in [9.17, 15) is 4.79 Å². The van der Waals surface area contributed by atoms with Gasteiger partial charge >= 0.3 is 0 Å². The van der Waals surface area contributed by atoms with Crippen molar-refractivity contribution in [2.75, 3.05) is 19.8 Å². The van der Waals surface area contributed by atoms with Crippen LogP contribution in [-0.2, 0) is 11.2 Å². The monoisotopic (exact) mass is 355 g/mol. The number of carbonyl (C=O) groups is 1. The largest absolute Gasteiger partial charge is 0.398 e. The van der Waals surface area contributed by atoms with Gasteiger partial charge in [0.05, 0.1) is 5.52 Å². The van der Waals surface area contributed by atoms with E-state index >= 15 is 0 Å². The van der Waals surface area contributed by atoms with E-state index in [0.29, 0.717) is 23.3 Å². The lowest BCUT2D eigenvalue weighted by Gasteiger charge is -2.36. The Bertz CT molecular complexity index is 903. The molecule has 2 aliphatic carbocycles. The number of fused-ring (bicyclic) bond motifs is 5. The molecule has 2 aromatic rings. The number of allylic oxidation sites excluding steroid dienone is 1. The zero-order valence-corrected chi connectivity index (χ0v) is 15.3. The Morgan fingerprint density at radius 2 is 2.16 bits per heavy atom. The number of hydrogen-bond acceptors (Lipinski definition) is 3. The number of nitrogens with two attached hydrogens (primary N) is 1. The third-order valence-corrected chi connectivity index (χ3v) is 5.65. The van der Waals surface area contributed by atoms with Crippen molar-refractivity contribution < 1.29 is 4.79 Å². The lowest BCUT2D eigenvalue weighted by molar-refractivity contribution is -0.128. The highest BCUT2D eigenvalue weighted by molar-refractivity contribution is 6.31. The Morgan fingerprint density at radius 3 is 2.92 bits per heavy atom. The Hall–Kier alpha value is -2.07. The molecule has 130 valence electrons. The van der Waals surface area contributed by atoms with Crippen LogP contribution in [0.3, 0.4) is 0 Å². The molecular formula is C20H22ClN3O. The van der Waals surface area contributed by atoms with Crippen LogP contribution >= 0.6 is 11.6 Å². The van der Waals surface area contributed by atoms with Gasteiger partial charge in [0, 0.05) is 47.9 Å². The highest BCUT2D eigenvalue weighted by atomic mass is 35.5. The molecule has 5 heteroatoms. The van der Waals surface area contributed by atoms with Crippen LogP contribution in [0, 0.1) is 5.92 Å². The molecule has 1 amide bonds. The Balaban J connectivity index is 1.73. The minimum absolute atomic E-state index is 0.158. The molecule has 0 saturated carbocycles. The van der Waals surface area contributed by atoms with Gasteiger partial charge in [0.1, 0.15) is 0 Å². The van der Waals surface area contributed by atoms with Crippen molar-refractivity contribution in [3.63, 3.8) is 0 Å². The number of anilines is 1. The van der Waals surface area contributed by atoms with Crippen LogP contribution in [0.25, 0.3) is 10.9 Å². The second-order valence-corrected chi connectivity index (χ2v) is 7.87. The first kappa shape index (κ1) is 16.4. The number of amides is 1. The molecule has 0 fully saturated rings. The highest BCUT2D eigenvalue weighted by Gasteiger charge is 2.34. The van der Waals surface area contributed by atoms with Gasteiger partial charge in [-0.15, -0.1) is 0 Å². The molecule has 4 rings (SSSR count). The summed E-state index contributed by atoms with van der Waals surface area (Å²) < 4.78 is 0. The summed E-state index contributed by atoms with van der Waals surface area (Å²) in [6.45, 7) is 0. The van der Waals surface area contributed by atoms with Crippen molar-refractivity contribution in [3.8, 4) is 0 Å². The molecule has 0 radical (unpaired) electrons. The van der Waals surface area contributed by atoms with Gasteiger partial charge in [-0.3, -0.25) is 9.78 Å². The van der Waals surface area contributed by atoms with Crippen molar-refractivity contribution in [3.05, 3.63) is 46.1 Å². The molecule has 0 aliphatic heterocycles. The Kier molecular flexibility index (Phi) is 3.95. The number of nitrogens with zero attached hydrogens (tertiary/aromatic N) is 2. The van der Waals surface area contributed by atoms with Crippen molar-refractivity contribution >= 4 is 34.1 Å². The molecule has 0 saturated heterocycles. The predicted molar refractivity (Wildman–Crippen MR) is 102 cm³/mol. The van der Waals surface area contributed by atoms with Crippen molar-refractivity contribution in [1.82, 2.24) is 9.88 Å². The van der Waals surface area contributed by atoms with E-state index in [0.717, 1.165) is 41.5 Å². The molecule has 4 nitrogen and oxygen atoms in total. The fourth-order valence-corrected chi connectivity index (χ4v) is 4.44. The molecule has 2 atom stereocenters. The summed E-state index contributed by atoms with van der Waals surface area (Å²) in [6.07, 6.45) is 5.68. The standard InChI is InChI=1S/C20H22ClN3O/c1-24(2)18(25)9-12-5-11-6-13(7-12)19-17(8-11)23-16-10-14(21)3-4-15(16)20(19)22/h3-5,10-11,13H,6-9H2,1-2H3,(H2,22,23). The average molecular weight is 356 g/mol. The number of pyridine rings is 1. The van der Waals surface area contributed by atoms with Gasteiger partial charge in [0.2, 0.25) is 5.91 Å². The maximum Gasteiger partial charge on any atom is 0.226 e. The predicted octanol–water partition coefficient (Wildman–Crippen LogP) is 3.92. The Labute approximate surface area is 152 Å². The summed E-state index contributed by atoms with van der Waals surface area (Å²) >= 11 is 6.12. The number of benzene rings is 1. The molecule has 1 aromatic heterocycles. The smallest absolute Gasteiger partial charge is 0.226 e. The van der Waals surface area contributed by atoms with Crippen molar-refractivity contribution in [2.45, 2.75) is 31.6 Å². The second-order valence-electron chi connectivity index (χ2n) is 7.44. The lowest BCUT2D eigenvalue weighted by atomic mass is 9.70. The minimum Gasteiger partial charge on any atom is -0.398 e. The topological polar surface area (TPSA) is 59.2 Å². The molecule has 25 heavy (non-hydrogen) atoms. The van der Waals surface area contributed by atoms with Gasteiger partial charge in [0.25, 0.3) is 0 Å². The molecule has 2 aliphatic rings. The molecule has 2 N–H and O–H groups in total. The zero-order chi connectivity index (χ0) is 17.7. The van der Waals surface area contributed by atoms with Gasteiger partial charge in [-0.25, -0.2) is 0 Å². The summed E-state index contributed by atoms with van der Waals surface area (Å²) in [5, 5.41) is 1.65. The third-order valence-electron chi connectivity index (χ3n) is 5.41. The van der Waals surface area contributed by atoms with Crippen LogP contribution in [0.15, 0.2) is 29.8 Å². The number of rotatable bonds is 2. The van der Waals surface area contributed by atoms with E-state index in [1.54, 1.807) is 19.0 Å². The van der Waals surface area contributed by atoms with Gasteiger partial charge in [-0.05, 0) is 49.3 Å². The Morgan fingerprint density at radius 1 is 1.36 bits per heavy atom. The molecule has 1 aromatic carbocycles. The van der Waals surface area contributed by atoms with E-state index in [-0.39, 0.29) is 5.91 Å². The summed E-state index contributed by atoms with van der Waals surface area (Å²) in [5.74, 6) is 0.960. The van der Waals surface area contributed by atoms with E-state index in [4.69, 9.17) is 22.3 Å². The number of aromatic nitrogens is 1. The van der Waals surface area contributed by atoms with E-state index in [1.165, 1.54) is 11.1 Å². The zero-order valence-electron chi connectivity index (χ0n) is 14.6. The lowest BCUT2D eigenvalue weighted by Crippen LogP contribution is -2.27. The summed E-state index contributed by atoms with van der Waals surface area (Å²) in [4.78, 5) is 18.6. The van der Waals surface area contributed by atoms with Crippen molar-refractivity contribution in [1.29, 1.82) is 0 Å².